The maximum absolute atomic E-state index is 6.44. The Morgan fingerprint density at radius 2 is 2.00 bits per heavy atom. The molecule has 3 rings (SSSR count). The summed E-state index contributed by atoms with van der Waals surface area (Å²) in [5.41, 5.74) is 9.07. The number of hydrogen-bond donors (Lipinski definition) is 3. The zero-order chi connectivity index (χ0) is 23.1. The van der Waals surface area contributed by atoms with E-state index in [0.717, 1.165) is 37.1 Å². The third kappa shape index (κ3) is 6.59. The Kier molecular flexibility index (Phi) is 8.33. The number of aromatic nitrogens is 3. The molecule has 0 saturated heterocycles. The Labute approximate surface area is 190 Å². The van der Waals surface area contributed by atoms with Gasteiger partial charge in [-0.1, -0.05) is 20.3 Å². The highest BCUT2D eigenvalue weighted by atomic mass is 16.5. The van der Waals surface area contributed by atoms with Crippen LogP contribution in [0.3, 0.4) is 0 Å². The van der Waals surface area contributed by atoms with Gasteiger partial charge in [0.2, 0.25) is 5.89 Å². The van der Waals surface area contributed by atoms with Crippen molar-refractivity contribution in [3.05, 3.63) is 35.1 Å². The number of hydrazine groups is 1. The summed E-state index contributed by atoms with van der Waals surface area (Å²) in [5.74, 6) is 8.48. The Balaban J connectivity index is 1.68. The number of nitrogens with zero attached hydrogens (tertiary/aromatic N) is 4. The quantitative estimate of drug-likeness (QED) is 0.372. The summed E-state index contributed by atoms with van der Waals surface area (Å²) in [6, 6.07) is 3.82. The number of nitrogens with two attached hydrogens (primary N) is 2. The number of likely N-dealkylation sites (N-methyl/N-ethyl adjacent to an activating group) is 1. The SMILES string of the molecule is Cc1nc(/C(N)=C(\CNc2noc(CCC(C)C)n2)N(C)N)ccc1OC1CCCCC1. The summed E-state index contributed by atoms with van der Waals surface area (Å²) < 4.78 is 11.5. The smallest absolute Gasteiger partial charge is 0.263 e. The van der Waals surface area contributed by atoms with Gasteiger partial charge in [-0.3, -0.25) is 0 Å². The van der Waals surface area contributed by atoms with E-state index in [-0.39, 0.29) is 6.10 Å². The second kappa shape index (κ2) is 11.2. The minimum Gasteiger partial charge on any atom is -0.489 e. The molecule has 1 fully saturated rings. The van der Waals surface area contributed by atoms with Gasteiger partial charge in [-0.25, -0.2) is 10.8 Å². The molecule has 5 N–H and O–H groups in total. The molecule has 0 atom stereocenters. The van der Waals surface area contributed by atoms with Gasteiger partial charge in [0.25, 0.3) is 5.95 Å². The van der Waals surface area contributed by atoms with E-state index in [2.05, 4.69) is 34.3 Å². The van der Waals surface area contributed by atoms with Gasteiger partial charge in [-0.15, -0.1) is 0 Å². The Hall–Kier alpha value is -2.81. The van der Waals surface area contributed by atoms with Crippen LogP contribution in [0.5, 0.6) is 5.75 Å². The Morgan fingerprint density at radius 3 is 2.66 bits per heavy atom. The highest BCUT2D eigenvalue weighted by molar-refractivity contribution is 5.64. The normalized spacial score (nSPS) is 15.6. The first kappa shape index (κ1) is 23.8. The van der Waals surface area contributed by atoms with E-state index >= 15 is 0 Å². The molecule has 1 saturated carbocycles. The van der Waals surface area contributed by atoms with Crippen molar-refractivity contribution in [2.75, 3.05) is 18.9 Å². The first-order valence-electron chi connectivity index (χ1n) is 11.5. The van der Waals surface area contributed by atoms with Crippen molar-refractivity contribution in [3.63, 3.8) is 0 Å². The first-order valence-corrected chi connectivity index (χ1v) is 11.5. The lowest BCUT2D eigenvalue weighted by Gasteiger charge is -2.24. The average Bonchev–Trinajstić information content (AvgIpc) is 3.22. The molecule has 9 heteroatoms. The highest BCUT2D eigenvalue weighted by Crippen LogP contribution is 2.26. The molecule has 0 spiro atoms. The standard InChI is InChI=1S/C23H37N7O2/c1-15(2)10-13-21-28-23(29-32-21)26-14-19(30(4)25)22(24)18-11-12-20(16(3)27-18)31-17-8-6-5-7-9-17/h11-12,15,17H,5-10,13-14,24-25H2,1-4H3,(H,26,29)/b22-19-. The fourth-order valence-corrected chi connectivity index (χ4v) is 3.75. The Morgan fingerprint density at radius 1 is 1.25 bits per heavy atom. The lowest BCUT2D eigenvalue weighted by atomic mass is 9.98. The summed E-state index contributed by atoms with van der Waals surface area (Å²) in [4.78, 5) is 9.06. The molecule has 176 valence electrons. The molecule has 0 bridgehead atoms. The van der Waals surface area contributed by atoms with Crippen LogP contribution >= 0.6 is 0 Å². The van der Waals surface area contributed by atoms with E-state index in [0.29, 0.717) is 41.4 Å². The first-order chi connectivity index (χ1) is 15.3. The molecule has 2 aromatic rings. The maximum Gasteiger partial charge on any atom is 0.263 e. The molecule has 0 amide bonds. The lowest BCUT2D eigenvalue weighted by Crippen LogP contribution is -2.32. The van der Waals surface area contributed by atoms with Gasteiger partial charge in [-0.2, -0.15) is 4.98 Å². The zero-order valence-electron chi connectivity index (χ0n) is 19.7. The molecular weight excluding hydrogens is 406 g/mol. The van der Waals surface area contributed by atoms with Crippen molar-refractivity contribution in [1.82, 2.24) is 20.1 Å². The molecule has 2 aromatic heterocycles. The minimum atomic E-state index is 0.276. The van der Waals surface area contributed by atoms with Gasteiger partial charge in [0.1, 0.15) is 5.75 Å². The molecule has 0 aliphatic heterocycles. The van der Waals surface area contributed by atoms with E-state index in [9.17, 15) is 0 Å². The predicted octanol–water partition coefficient (Wildman–Crippen LogP) is 3.62. The summed E-state index contributed by atoms with van der Waals surface area (Å²) in [5, 5.41) is 8.60. The van der Waals surface area contributed by atoms with Gasteiger partial charge in [0.15, 0.2) is 0 Å². The van der Waals surface area contributed by atoms with E-state index in [1.807, 2.05) is 19.1 Å². The van der Waals surface area contributed by atoms with Crippen LogP contribution in [0.2, 0.25) is 0 Å². The van der Waals surface area contributed by atoms with E-state index in [1.54, 1.807) is 7.05 Å². The molecular formula is C23H37N7O2. The van der Waals surface area contributed by atoms with Crippen molar-refractivity contribution in [2.24, 2.45) is 17.5 Å². The number of anilines is 1. The highest BCUT2D eigenvalue weighted by Gasteiger charge is 2.18. The van der Waals surface area contributed by atoms with Crippen LogP contribution in [0.15, 0.2) is 22.4 Å². The fraction of sp³-hybridized carbons (Fsp3) is 0.609. The van der Waals surface area contributed by atoms with Crippen LogP contribution in [0.1, 0.15) is 69.7 Å². The molecule has 0 unspecified atom stereocenters. The fourth-order valence-electron chi connectivity index (χ4n) is 3.75. The van der Waals surface area contributed by atoms with Gasteiger partial charge < -0.3 is 25.3 Å². The van der Waals surface area contributed by atoms with Crippen LogP contribution in [-0.4, -0.2) is 39.8 Å². The van der Waals surface area contributed by atoms with E-state index in [4.69, 9.17) is 20.8 Å². The minimum absolute atomic E-state index is 0.276. The van der Waals surface area contributed by atoms with Crippen LogP contribution in [0.4, 0.5) is 5.95 Å². The van der Waals surface area contributed by atoms with Crippen LogP contribution in [-0.2, 0) is 6.42 Å². The second-order valence-electron chi connectivity index (χ2n) is 8.93. The monoisotopic (exact) mass is 443 g/mol. The van der Waals surface area contributed by atoms with Gasteiger partial charge >= 0.3 is 0 Å². The zero-order valence-corrected chi connectivity index (χ0v) is 19.7. The van der Waals surface area contributed by atoms with Crippen LogP contribution in [0.25, 0.3) is 5.70 Å². The van der Waals surface area contributed by atoms with Crippen LogP contribution in [0, 0.1) is 12.8 Å². The number of rotatable bonds is 10. The summed E-state index contributed by atoms with van der Waals surface area (Å²) >= 11 is 0. The summed E-state index contributed by atoms with van der Waals surface area (Å²) in [7, 11) is 1.74. The predicted molar refractivity (Wildman–Crippen MR) is 125 cm³/mol. The molecule has 0 aromatic carbocycles. The van der Waals surface area contributed by atoms with Gasteiger partial charge in [0, 0.05) is 13.5 Å². The van der Waals surface area contributed by atoms with Crippen molar-refractivity contribution in [2.45, 2.75) is 71.8 Å². The van der Waals surface area contributed by atoms with Crippen LogP contribution < -0.4 is 21.6 Å². The second-order valence-corrected chi connectivity index (χ2v) is 8.93. The van der Waals surface area contributed by atoms with Crippen molar-refractivity contribution < 1.29 is 9.26 Å². The molecule has 9 nitrogen and oxygen atoms in total. The number of hydrogen-bond acceptors (Lipinski definition) is 9. The number of ether oxygens (including phenoxy) is 1. The molecule has 1 aliphatic rings. The average molecular weight is 444 g/mol. The van der Waals surface area contributed by atoms with Gasteiger partial charge in [-0.05, 0) is 62.2 Å². The van der Waals surface area contributed by atoms with Crippen molar-refractivity contribution in [3.8, 4) is 5.75 Å². The van der Waals surface area contributed by atoms with Crippen molar-refractivity contribution in [1.29, 1.82) is 0 Å². The Bertz CT molecular complexity index is 901. The molecule has 32 heavy (non-hydrogen) atoms. The third-order valence-electron chi connectivity index (χ3n) is 5.71. The summed E-state index contributed by atoms with van der Waals surface area (Å²) in [6.45, 7) is 6.60. The number of nitrogens with one attached hydrogen (secondary N) is 1. The van der Waals surface area contributed by atoms with Crippen molar-refractivity contribution >= 4 is 11.6 Å². The largest absolute Gasteiger partial charge is 0.489 e. The molecule has 0 radical (unpaired) electrons. The van der Waals surface area contributed by atoms with E-state index < -0.39 is 0 Å². The molecule has 1 aliphatic carbocycles. The number of aryl methyl sites for hydroxylation is 2. The summed E-state index contributed by atoms with van der Waals surface area (Å²) in [6.07, 6.45) is 7.98. The van der Waals surface area contributed by atoms with Gasteiger partial charge in [0.05, 0.1) is 35.4 Å². The topological polar surface area (TPSA) is 128 Å². The molecule has 2 heterocycles. The number of pyridine rings is 1. The third-order valence-corrected chi connectivity index (χ3v) is 5.71. The lowest BCUT2D eigenvalue weighted by molar-refractivity contribution is 0.153. The maximum atomic E-state index is 6.44. The van der Waals surface area contributed by atoms with E-state index in [1.165, 1.54) is 24.3 Å².